The molecular weight excluding hydrogens is 644 g/mol. The third kappa shape index (κ3) is 4.92. The lowest BCUT2D eigenvalue weighted by Crippen LogP contribution is -2.09. The minimum absolute atomic E-state index is 0.779. The number of rotatable bonds is 6. The smallest absolute Gasteiger partial charge is 0.0520 e. The lowest BCUT2D eigenvalue weighted by Gasteiger charge is -2.26. The zero-order chi connectivity index (χ0) is 32.2. The average Bonchev–Trinajstić information content (AvgIpc) is 3.69. The van der Waals surface area contributed by atoms with Crippen LogP contribution in [-0.2, 0) is 0 Å². The van der Waals surface area contributed by atoms with E-state index in [9.17, 15) is 0 Å². The molecule has 230 valence electrons. The monoisotopic (exact) mass is 672 g/mol. The maximum atomic E-state index is 7.13. The quantitative estimate of drug-likeness (QED) is 0.173. The number of anilines is 6. The molecule has 0 aliphatic heterocycles. The molecule has 0 spiro atoms. The summed E-state index contributed by atoms with van der Waals surface area (Å²) in [6.07, 6.45) is 0. The Morgan fingerprint density at radius 3 is 1.62 bits per heavy atom. The average molecular weight is 673 g/mol. The Kier molecular flexibility index (Phi) is 7.16. The fourth-order valence-electron chi connectivity index (χ4n) is 6.84. The van der Waals surface area contributed by atoms with Crippen LogP contribution in [0.3, 0.4) is 0 Å². The second kappa shape index (κ2) is 11.8. The van der Waals surface area contributed by atoms with Gasteiger partial charge in [0.05, 0.1) is 5.02 Å². The third-order valence-corrected chi connectivity index (χ3v) is 11.5. The Morgan fingerprint density at radius 1 is 0.396 bits per heavy atom. The van der Waals surface area contributed by atoms with Gasteiger partial charge in [0.1, 0.15) is 0 Å². The highest BCUT2D eigenvalue weighted by Gasteiger charge is 2.20. The molecule has 2 aromatic heterocycles. The van der Waals surface area contributed by atoms with Gasteiger partial charge in [-0.15, -0.1) is 22.7 Å². The first-order valence-electron chi connectivity index (χ1n) is 16.0. The van der Waals surface area contributed by atoms with E-state index < -0.39 is 0 Å². The zero-order valence-corrected chi connectivity index (χ0v) is 28.5. The topological polar surface area (TPSA) is 6.48 Å². The van der Waals surface area contributed by atoms with E-state index in [2.05, 4.69) is 174 Å². The van der Waals surface area contributed by atoms with Crippen molar-refractivity contribution in [1.82, 2.24) is 0 Å². The van der Waals surface area contributed by atoms with Gasteiger partial charge in [-0.05, 0) is 97.4 Å². The lowest BCUT2D eigenvalue weighted by molar-refractivity contribution is 1.29. The highest BCUT2D eigenvalue weighted by atomic mass is 35.5. The molecule has 0 saturated carbocycles. The van der Waals surface area contributed by atoms with E-state index >= 15 is 0 Å². The molecule has 2 nitrogen and oxygen atoms in total. The maximum absolute atomic E-state index is 7.13. The summed E-state index contributed by atoms with van der Waals surface area (Å²) in [7, 11) is 0. The van der Waals surface area contributed by atoms with Crippen LogP contribution in [0.1, 0.15) is 5.56 Å². The molecule has 9 rings (SSSR count). The highest BCUT2D eigenvalue weighted by molar-refractivity contribution is 7.26. The molecule has 9 aromatic rings. The van der Waals surface area contributed by atoms with Crippen molar-refractivity contribution in [2.24, 2.45) is 0 Å². The molecule has 0 N–H and O–H groups in total. The van der Waals surface area contributed by atoms with Crippen molar-refractivity contribution in [1.29, 1.82) is 0 Å². The van der Waals surface area contributed by atoms with E-state index in [1.54, 1.807) is 11.3 Å². The van der Waals surface area contributed by atoms with E-state index in [1.165, 1.54) is 40.5 Å². The fourth-order valence-corrected chi connectivity index (χ4v) is 9.57. The molecular formula is C43H29ClN2S2. The number of nitrogens with zero attached hydrogens (tertiary/aromatic N) is 2. The number of para-hydroxylation sites is 3. The van der Waals surface area contributed by atoms with E-state index in [-0.39, 0.29) is 0 Å². The molecule has 0 aliphatic carbocycles. The summed E-state index contributed by atoms with van der Waals surface area (Å²) in [5.41, 5.74) is 7.89. The molecule has 0 bridgehead atoms. The van der Waals surface area contributed by atoms with Crippen molar-refractivity contribution in [2.45, 2.75) is 6.92 Å². The third-order valence-electron chi connectivity index (χ3n) is 9.00. The molecule has 2 heterocycles. The number of benzene rings is 7. The second-order valence-electron chi connectivity index (χ2n) is 12.0. The van der Waals surface area contributed by atoms with Crippen molar-refractivity contribution >= 4 is 109 Å². The Morgan fingerprint density at radius 2 is 0.958 bits per heavy atom. The van der Waals surface area contributed by atoms with E-state index in [0.29, 0.717) is 0 Å². The normalized spacial score (nSPS) is 11.5. The van der Waals surface area contributed by atoms with Gasteiger partial charge < -0.3 is 9.80 Å². The van der Waals surface area contributed by atoms with Gasteiger partial charge in [-0.2, -0.15) is 0 Å². The lowest BCUT2D eigenvalue weighted by atomic mass is 10.1. The van der Waals surface area contributed by atoms with Crippen LogP contribution in [0.4, 0.5) is 34.1 Å². The SMILES string of the molecule is Cc1cccc2sc3cc(N(c4ccccc4)c4ccc5c(c4)sc4ccc(N(c6ccccc6)c6ccccc6)cc45)cc(Cl)c3c12. The summed E-state index contributed by atoms with van der Waals surface area (Å²) in [5.74, 6) is 0. The number of hydrogen-bond acceptors (Lipinski definition) is 4. The molecule has 7 aromatic carbocycles. The van der Waals surface area contributed by atoms with Crippen molar-refractivity contribution in [3.05, 3.63) is 168 Å². The molecule has 0 atom stereocenters. The molecule has 0 saturated heterocycles. The van der Waals surface area contributed by atoms with Crippen molar-refractivity contribution in [2.75, 3.05) is 9.80 Å². The number of halogens is 1. The molecule has 5 heteroatoms. The van der Waals surface area contributed by atoms with Crippen LogP contribution in [0, 0.1) is 6.92 Å². The summed E-state index contributed by atoms with van der Waals surface area (Å²) in [4.78, 5) is 4.65. The van der Waals surface area contributed by atoms with Gasteiger partial charge in [0.15, 0.2) is 0 Å². The molecule has 0 amide bonds. The van der Waals surface area contributed by atoms with Crippen LogP contribution in [-0.4, -0.2) is 0 Å². The highest BCUT2D eigenvalue weighted by Crippen LogP contribution is 2.47. The molecule has 0 aliphatic rings. The van der Waals surface area contributed by atoms with Gasteiger partial charge in [0.2, 0.25) is 0 Å². The molecule has 0 radical (unpaired) electrons. The van der Waals surface area contributed by atoms with E-state index in [4.69, 9.17) is 11.6 Å². The van der Waals surface area contributed by atoms with Crippen molar-refractivity contribution < 1.29 is 0 Å². The van der Waals surface area contributed by atoms with Gasteiger partial charge in [-0.3, -0.25) is 0 Å². The van der Waals surface area contributed by atoms with E-state index in [0.717, 1.165) is 44.5 Å². The largest absolute Gasteiger partial charge is 0.310 e. The Bertz CT molecular complexity index is 2550. The maximum Gasteiger partial charge on any atom is 0.0520 e. The molecule has 48 heavy (non-hydrogen) atoms. The number of thiophene rings is 2. The van der Waals surface area contributed by atoms with Crippen LogP contribution < -0.4 is 9.80 Å². The Hall–Kier alpha value is -5.13. The summed E-state index contributed by atoms with van der Waals surface area (Å²) >= 11 is 10.8. The van der Waals surface area contributed by atoms with Gasteiger partial charge in [-0.25, -0.2) is 0 Å². The Labute approximate surface area is 292 Å². The summed E-state index contributed by atoms with van der Waals surface area (Å²) in [5, 5.41) is 5.68. The summed E-state index contributed by atoms with van der Waals surface area (Å²) < 4.78 is 4.97. The van der Waals surface area contributed by atoms with Crippen LogP contribution in [0.2, 0.25) is 5.02 Å². The fraction of sp³-hybridized carbons (Fsp3) is 0.0233. The van der Waals surface area contributed by atoms with E-state index in [1.807, 2.05) is 11.3 Å². The first kappa shape index (κ1) is 29.0. The number of hydrogen-bond donors (Lipinski definition) is 0. The predicted molar refractivity (Wildman–Crippen MR) is 211 cm³/mol. The van der Waals surface area contributed by atoms with Crippen LogP contribution in [0.25, 0.3) is 40.3 Å². The first-order chi connectivity index (χ1) is 23.6. The Balaban J connectivity index is 1.19. The first-order valence-corrected chi connectivity index (χ1v) is 18.0. The molecule has 0 fully saturated rings. The molecule has 0 unspecified atom stereocenters. The summed E-state index contributed by atoms with van der Waals surface area (Å²) in [6.45, 7) is 2.17. The van der Waals surface area contributed by atoms with Crippen molar-refractivity contribution in [3.63, 3.8) is 0 Å². The van der Waals surface area contributed by atoms with Crippen LogP contribution in [0.15, 0.2) is 158 Å². The second-order valence-corrected chi connectivity index (χ2v) is 14.6. The van der Waals surface area contributed by atoms with Crippen LogP contribution >= 0.6 is 34.3 Å². The zero-order valence-electron chi connectivity index (χ0n) is 26.1. The minimum atomic E-state index is 0.779. The van der Waals surface area contributed by atoms with Crippen molar-refractivity contribution in [3.8, 4) is 0 Å². The standard InChI is InChI=1S/C43H29ClN2S2/c1-28-12-11-19-39-42(28)43-37(44)25-34(27-41(43)48-39)46(31-17-9-4-10-18-31)33-20-22-35-36-24-32(21-23-38(36)47-40(35)26-33)45(29-13-5-2-6-14-29)30-15-7-3-8-16-30/h2-27H,1H3. The minimum Gasteiger partial charge on any atom is -0.310 e. The van der Waals surface area contributed by atoms with Crippen LogP contribution in [0.5, 0.6) is 0 Å². The van der Waals surface area contributed by atoms with Gasteiger partial charge >= 0.3 is 0 Å². The summed E-state index contributed by atoms with van der Waals surface area (Å²) in [6, 6.07) is 56.3. The number of aryl methyl sites for hydroxylation is 1. The number of fused-ring (bicyclic) bond motifs is 6. The van der Waals surface area contributed by atoms with Gasteiger partial charge in [0.25, 0.3) is 0 Å². The van der Waals surface area contributed by atoms with Gasteiger partial charge in [0, 0.05) is 74.5 Å². The van der Waals surface area contributed by atoms with Gasteiger partial charge in [-0.1, -0.05) is 84.4 Å². The predicted octanol–water partition coefficient (Wildman–Crippen LogP) is 14.3.